The van der Waals surface area contributed by atoms with Gasteiger partial charge in [-0.05, 0) is 50.1 Å². The van der Waals surface area contributed by atoms with Gasteiger partial charge in [0.1, 0.15) is 11.3 Å². The van der Waals surface area contributed by atoms with Crippen LogP contribution in [0.3, 0.4) is 0 Å². The van der Waals surface area contributed by atoms with E-state index >= 15 is 0 Å². The average Bonchev–Trinajstić information content (AvgIpc) is 2.97. The van der Waals surface area contributed by atoms with Crippen LogP contribution in [-0.4, -0.2) is 37.6 Å². The zero-order chi connectivity index (χ0) is 18.3. The van der Waals surface area contributed by atoms with E-state index in [-0.39, 0.29) is 11.6 Å². The van der Waals surface area contributed by atoms with E-state index in [1.165, 1.54) is 5.56 Å². The van der Waals surface area contributed by atoms with Crippen LogP contribution >= 0.6 is 0 Å². The molecule has 1 N–H and O–H groups in total. The number of benzene rings is 1. The molecule has 0 fully saturated rings. The second kappa shape index (κ2) is 6.53. The van der Waals surface area contributed by atoms with Gasteiger partial charge in [0, 0.05) is 13.2 Å². The first-order chi connectivity index (χ1) is 12.6. The predicted octanol–water partition coefficient (Wildman–Crippen LogP) is 3.18. The molecule has 0 saturated carbocycles. The molecule has 0 radical (unpaired) electrons. The Morgan fingerprint density at radius 2 is 2.19 bits per heavy atom. The van der Waals surface area contributed by atoms with Crippen molar-refractivity contribution in [2.45, 2.75) is 31.8 Å². The van der Waals surface area contributed by atoms with Gasteiger partial charge in [-0.15, -0.1) is 0 Å². The highest BCUT2D eigenvalue weighted by Crippen LogP contribution is 2.33. The highest BCUT2D eigenvalue weighted by Gasteiger charge is 2.26. The van der Waals surface area contributed by atoms with Gasteiger partial charge in [0.05, 0.1) is 29.4 Å². The summed E-state index contributed by atoms with van der Waals surface area (Å²) in [5, 5.41) is 9.41. The number of aromatic nitrogens is 3. The van der Waals surface area contributed by atoms with Gasteiger partial charge in [0.15, 0.2) is 0 Å². The number of hydrogen-bond donors (Lipinski definition) is 1. The molecule has 0 amide bonds. The van der Waals surface area contributed by atoms with E-state index in [1.807, 2.05) is 29.9 Å². The van der Waals surface area contributed by atoms with Crippen molar-refractivity contribution in [2.75, 3.05) is 7.05 Å². The van der Waals surface area contributed by atoms with Crippen molar-refractivity contribution in [3.63, 3.8) is 0 Å². The molecule has 6 heteroatoms. The SMILES string of the molecule is CN(Cc1nc2c(C(=O)O)cccc2n1C)C1CCCc2cccnc21. The summed E-state index contributed by atoms with van der Waals surface area (Å²) in [6, 6.07) is 9.71. The highest BCUT2D eigenvalue weighted by molar-refractivity contribution is 6.01. The summed E-state index contributed by atoms with van der Waals surface area (Å²) in [5.41, 5.74) is 4.13. The molecule has 1 atom stereocenters. The van der Waals surface area contributed by atoms with E-state index in [1.54, 1.807) is 12.1 Å². The zero-order valence-electron chi connectivity index (χ0n) is 15.0. The third-order valence-electron chi connectivity index (χ3n) is 5.32. The molecule has 4 rings (SSSR count). The average molecular weight is 350 g/mol. The molecule has 3 aromatic rings. The molecule has 2 heterocycles. The molecule has 1 aliphatic carbocycles. The van der Waals surface area contributed by atoms with Gasteiger partial charge in [-0.1, -0.05) is 12.1 Å². The molecule has 0 aliphatic heterocycles. The Kier molecular flexibility index (Phi) is 4.20. The van der Waals surface area contributed by atoms with Crippen molar-refractivity contribution in [3.8, 4) is 0 Å². The standard InChI is InChI=1S/C20H22N4O2/c1-23(15-9-3-6-13-7-5-11-21-18(13)15)12-17-22-19-14(20(25)26)8-4-10-16(19)24(17)2/h4-5,7-8,10-11,15H,3,6,9,12H2,1-2H3,(H,25,26). The van der Waals surface area contributed by atoms with Crippen molar-refractivity contribution in [1.82, 2.24) is 19.4 Å². The van der Waals surface area contributed by atoms with Crippen LogP contribution in [0.4, 0.5) is 0 Å². The van der Waals surface area contributed by atoms with Crippen LogP contribution in [0.1, 0.15) is 46.3 Å². The summed E-state index contributed by atoms with van der Waals surface area (Å²) in [6.07, 6.45) is 5.17. The quantitative estimate of drug-likeness (QED) is 0.782. The Hall–Kier alpha value is -2.73. The van der Waals surface area contributed by atoms with E-state index in [9.17, 15) is 9.90 Å². The number of rotatable bonds is 4. The van der Waals surface area contributed by atoms with Gasteiger partial charge in [-0.25, -0.2) is 9.78 Å². The minimum atomic E-state index is -0.945. The molecular weight excluding hydrogens is 328 g/mol. The molecule has 6 nitrogen and oxygen atoms in total. The van der Waals surface area contributed by atoms with Gasteiger partial charge in [0.25, 0.3) is 0 Å². The maximum absolute atomic E-state index is 11.5. The normalized spacial score (nSPS) is 16.8. The lowest BCUT2D eigenvalue weighted by Crippen LogP contribution is -2.29. The van der Waals surface area contributed by atoms with E-state index in [0.717, 1.165) is 36.3 Å². The number of fused-ring (bicyclic) bond motifs is 2. The van der Waals surface area contributed by atoms with E-state index in [0.29, 0.717) is 12.1 Å². The second-order valence-corrected chi connectivity index (χ2v) is 6.94. The molecule has 134 valence electrons. The monoisotopic (exact) mass is 350 g/mol. The van der Waals surface area contributed by atoms with Crippen LogP contribution in [0.2, 0.25) is 0 Å². The Morgan fingerprint density at radius 1 is 1.35 bits per heavy atom. The first-order valence-electron chi connectivity index (χ1n) is 8.88. The van der Waals surface area contributed by atoms with Gasteiger partial charge in [-0.2, -0.15) is 0 Å². The Bertz CT molecular complexity index is 979. The lowest BCUT2D eigenvalue weighted by atomic mass is 9.91. The van der Waals surface area contributed by atoms with Crippen molar-refractivity contribution in [1.29, 1.82) is 0 Å². The van der Waals surface area contributed by atoms with Gasteiger partial charge >= 0.3 is 5.97 Å². The summed E-state index contributed by atoms with van der Waals surface area (Å²) in [7, 11) is 4.03. The largest absolute Gasteiger partial charge is 0.478 e. The van der Waals surface area contributed by atoms with Gasteiger partial charge < -0.3 is 9.67 Å². The molecular formula is C20H22N4O2. The summed E-state index contributed by atoms with van der Waals surface area (Å²) in [5.74, 6) is -0.0849. The van der Waals surface area contributed by atoms with Crippen LogP contribution in [0.15, 0.2) is 36.5 Å². The van der Waals surface area contributed by atoms with Crippen molar-refractivity contribution in [3.05, 3.63) is 59.2 Å². The van der Waals surface area contributed by atoms with Gasteiger partial charge in [0.2, 0.25) is 0 Å². The molecule has 26 heavy (non-hydrogen) atoms. The third-order valence-corrected chi connectivity index (χ3v) is 5.32. The first-order valence-corrected chi connectivity index (χ1v) is 8.88. The van der Waals surface area contributed by atoms with Crippen molar-refractivity contribution >= 4 is 17.0 Å². The maximum atomic E-state index is 11.5. The maximum Gasteiger partial charge on any atom is 0.337 e. The van der Waals surface area contributed by atoms with Crippen LogP contribution in [0.25, 0.3) is 11.0 Å². The Labute approximate surface area is 152 Å². The second-order valence-electron chi connectivity index (χ2n) is 6.94. The number of carboxylic acid groups (broad SMARTS) is 1. The highest BCUT2D eigenvalue weighted by atomic mass is 16.4. The molecule has 0 spiro atoms. The van der Waals surface area contributed by atoms with Crippen molar-refractivity contribution in [2.24, 2.45) is 7.05 Å². The molecule has 0 saturated heterocycles. The molecule has 2 aromatic heterocycles. The van der Waals surface area contributed by atoms with E-state index in [4.69, 9.17) is 0 Å². The Balaban J connectivity index is 1.67. The molecule has 1 aromatic carbocycles. The number of nitrogens with zero attached hydrogens (tertiary/aromatic N) is 4. The fourth-order valence-corrected chi connectivity index (χ4v) is 3.92. The number of para-hydroxylation sites is 1. The van der Waals surface area contributed by atoms with Crippen LogP contribution in [-0.2, 0) is 20.0 Å². The fraction of sp³-hybridized carbons (Fsp3) is 0.350. The summed E-state index contributed by atoms with van der Waals surface area (Å²) < 4.78 is 1.99. The number of hydrogen-bond acceptors (Lipinski definition) is 4. The number of imidazole rings is 1. The Morgan fingerprint density at radius 3 is 3.00 bits per heavy atom. The summed E-state index contributed by atoms with van der Waals surface area (Å²) in [4.78, 5) is 23.0. The summed E-state index contributed by atoms with van der Waals surface area (Å²) >= 11 is 0. The fourth-order valence-electron chi connectivity index (χ4n) is 3.92. The molecule has 1 unspecified atom stereocenters. The number of carboxylic acids is 1. The van der Waals surface area contributed by atoms with Crippen LogP contribution < -0.4 is 0 Å². The summed E-state index contributed by atoms with van der Waals surface area (Å²) in [6.45, 7) is 0.644. The zero-order valence-corrected chi connectivity index (χ0v) is 15.0. The smallest absolute Gasteiger partial charge is 0.337 e. The number of aromatic carboxylic acids is 1. The lowest BCUT2D eigenvalue weighted by Gasteiger charge is -2.32. The minimum Gasteiger partial charge on any atom is -0.478 e. The van der Waals surface area contributed by atoms with E-state index in [2.05, 4.69) is 28.0 Å². The molecule has 0 bridgehead atoms. The van der Waals surface area contributed by atoms with Gasteiger partial charge in [-0.3, -0.25) is 9.88 Å². The predicted molar refractivity (Wildman–Crippen MR) is 99.1 cm³/mol. The molecule has 1 aliphatic rings. The van der Waals surface area contributed by atoms with E-state index < -0.39 is 5.97 Å². The topological polar surface area (TPSA) is 71.2 Å². The first kappa shape index (κ1) is 16.7. The van der Waals surface area contributed by atoms with Crippen molar-refractivity contribution < 1.29 is 9.90 Å². The minimum absolute atomic E-state index is 0.247. The number of pyridine rings is 1. The van der Waals surface area contributed by atoms with Crippen LogP contribution in [0.5, 0.6) is 0 Å². The number of aryl methyl sites for hydroxylation is 2. The van der Waals surface area contributed by atoms with Crippen LogP contribution in [0, 0.1) is 0 Å². The number of carbonyl (C=O) groups is 1. The lowest BCUT2D eigenvalue weighted by molar-refractivity contribution is 0.0699. The third kappa shape index (κ3) is 2.76.